The first-order valence-electron chi connectivity index (χ1n) is 8.78. The summed E-state index contributed by atoms with van der Waals surface area (Å²) in [5, 5.41) is 12.2. The van der Waals surface area contributed by atoms with E-state index in [1.54, 1.807) is 6.26 Å². The summed E-state index contributed by atoms with van der Waals surface area (Å²) in [6, 6.07) is 23.0. The lowest BCUT2D eigenvalue weighted by atomic mass is 10.2. The number of nitrogens with zero attached hydrogens (tertiary/aromatic N) is 3. The Morgan fingerprint density at radius 2 is 1.71 bits per heavy atom. The second-order valence-corrected chi connectivity index (χ2v) is 6.98. The van der Waals surface area contributed by atoms with Crippen molar-refractivity contribution in [3.8, 4) is 11.4 Å². The van der Waals surface area contributed by atoms with Crippen molar-refractivity contribution >= 4 is 23.4 Å². The number of amides is 1. The zero-order chi connectivity index (χ0) is 19.2. The van der Waals surface area contributed by atoms with Gasteiger partial charge in [-0.15, -0.1) is 10.2 Å². The Balaban J connectivity index is 1.53. The van der Waals surface area contributed by atoms with Gasteiger partial charge in [0.15, 0.2) is 11.0 Å². The maximum Gasteiger partial charge on any atom is 0.234 e. The third-order valence-electron chi connectivity index (χ3n) is 4.03. The van der Waals surface area contributed by atoms with Crippen LogP contribution in [0.1, 0.15) is 5.76 Å². The normalized spacial score (nSPS) is 10.7. The molecule has 0 saturated heterocycles. The number of hydrogen-bond acceptors (Lipinski definition) is 5. The van der Waals surface area contributed by atoms with E-state index >= 15 is 0 Å². The number of thioether (sulfide) groups is 1. The van der Waals surface area contributed by atoms with Gasteiger partial charge in [-0.25, -0.2) is 0 Å². The summed E-state index contributed by atoms with van der Waals surface area (Å²) in [7, 11) is 0. The van der Waals surface area contributed by atoms with Gasteiger partial charge >= 0.3 is 0 Å². The third-order valence-corrected chi connectivity index (χ3v) is 5.00. The smallest absolute Gasteiger partial charge is 0.234 e. The van der Waals surface area contributed by atoms with Gasteiger partial charge in [0.2, 0.25) is 5.91 Å². The van der Waals surface area contributed by atoms with E-state index in [0.717, 1.165) is 22.8 Å². The number of furan rings is 1. The van der Waals surface area contributed by atoms with Crippen molar-refractivity contribution in [2.75, 3.05) is 11.1 Å². The van der Waals surface area contributed by atoms with Crippen LogP contribution in [0, 0.1) is 0 Å². The Kier molecular flexibility index (Phi) is 5.53. The number of para-hydroxylation sites is 1. The third kappa shape index (κ3) is 4.32. The lowest BCUT2D eigenvalue weighted by Gasteiger charge is -2.09. The molecular weight excluding hydrogens is 372 g/mol. The molecule has 0 aliphatic rings. The van der Waals surface area contributed by atoms with Gasteiger partial charge in [-0.2, -0.15) is 0 Å². The van der Waals surface area contributed by atoms with Crippen LogP contribution >= 0.6 is 11.8 Å². The van der Waals surface area contributed by atoms with Gasteiger partial charge in [-0.3, -0.25) is 9.36 Å². The average molecular weight is 390 g/mol. The molecule has 2 aromatic heterocycles. The average Bonchev–Trinajstić information content (AvgIpc) is 3.38. The molecule has 0 bridgehead atoms. The van der Waals surface area contributed by atoms with E-state index in [0.29, 0.717) is 11.7 Å². The first-order chi connectivity index (χ1) is 13.8. The fraction of sp³-hybridized carbons (Fsp3) is 0.0952. The Hall–Kier alpha value is -3.32. The first kappa shape index (κ1) is 18.1. The predicted molar refractivity (Wildman–Crippen MR) is 109 cm³/mol. The molecule has 0 fully saturated rings. The van der Waals surface area contributed by atoms with Crippen molar-refractivity contribution in [1.29, 1.82) is 0 Å². The van der Waals surface area contributed by atoms with Crippen molar-refractivity contribution in [2.45, 2.75) is 11.7 Å². The number of nitrogens with one attached hydrogen (secondary N) is 1. The molecule has 1 amide bonds. The highest BCUT2D eigenvalue weighted by Gasteiger charge is 2.17. The van der Waals surface area contributed by atoms with E-state index in [2.05, 4.69) is 15.5 Å². The van der Waals surface area contributed by atoms with Gasteiger partial charge in [-0.1, -0.05) is 60.3 Å². The van der Waals surface area contributed by atoms with Crippen molar-refractivity contribution in [2.24, 2.45) is 0 Å². The highest BCUT2D eigenvalue weighted by atomic mass is 32.2. The summed E-state index contributed by atoms with van der Waals surface area (Å²) < 4.78 is 7.46. The largest absolute Gasteiger partial charge is 0.467 e. The molecule has 0 aliphatic carbocycles. The van der Waals surface area contributed by atoms with Gasteiger partial charge in [-0.05, 0) is 24.3 Å². The van der Waals surface area contributed by atoms with E-state index in [4.69, 9.17) is 4.42 Å². The minimum atomic E-state index is -0.0926. The molecule has 4 aromatic rings. The molecule has 0 saturated carbocycles. The minimum absolute atomic E-state index is 0.0926. The Labute approximate surface area is 166 Å². The second kappa shape index (κ2) is 8.58. The van der Waals surface area contributed by atoms with E-state index in [-0.39, 0.29) is 11.7 Å². The number of carbonyl (C=O) groups excluding carboxylic acids is 1. The highest BCUT2D eigenvalue weighted by molar-refractivity contribution is 7.99. The summed E-state index contributed by atoms with van der Waals surface area (Å²) in [4.78, 5) is 12.3. The maximum atomic E-state index is 12.3. The van der Waals surface area contributed by atoms with Crippen molar-refractivity contribution in [3.05, 3.63) is 84.8 Å². The Bertz CT molecular complexity index is 1030. The SMILES string of the molecule is O=C(CSc1nnc(-c2ccccc2)n1Cc1ccco1)Nc1ccccc1. The van der Waals surface area contributed by atoms with Crippen LogP contribution in [0.15, 0.2) is 88.6 Å². The summed E-state index contributed by atoms with van der Waals surface area (Å²) in [6.45, 7) is 0.493. The van der Waals surface area contributed by atoms with Crippen molar-refractivity contribution < 1.29 is 9.21 Å². The molecule has 6 nitrogen and oxygen atoms in total. The van der Waals surface area contributed by atoms with E-state index in [9.17, 15) is 4.79 Å². The standard InChI is InChI=1S/C21H18N4O2S/c26-19(22-17-10-5-2-6-11-17)15-28-21-24-23-20(16-8-3-1-4-9-16)25(21)14-18-12-7-13-27-18/h1-13H,14-15H2,(H,22,26). The highest BCUT2D eigenvalue weighted by Crippen LogP contribution is 2.25. The number of hydrogen-bond donors (Lipinski definition) is 1. The van der Waals surface area contributed by atoms with Crippen LogP contribution in [0.5, 0.6) is 0 Å². The number of carbonyl (C=O) groups is 1. The molecule has 0 aliphatic heterocycles. The minimum Gasteiger partial charge on any atom is -0.467 e. The number of aromatic nitrogens is 3. The number of rotatable bonds is 7. The summed E-state index contributed by atoms with van der Waals surface area (Å²) in [6.07, 6.45) is 1.64. The predicted octanol–water partition coefficient (Wildman–Crippen LogP) is 4.32. The quantitative estimate of drug-likeness (QED) is 0.476. The van der Waals surface area contributed by atoms with Gasteiger partial charge in [0.05, 0.1) is 18.6 Å². The van der Waals surface area contributed by atoms with Crippen LogP contribution in [0.3, 0.4) is 0 Å². The Morgan fingerprint density at radius 3 is 2.43 bits per heavy atom. The summed E-state index contributed by atoms with van der Waals surface area (Å²) >= 11 is 1.35. The van der Waals surface area contributed by atoms with Gasteiger partial charge in [0.1, 0.15) is 5.76 Å². The molecule has 0 radical (unpaired) electrons. The lowest BCUT2D eigenvalue weighted by Crippen LogP contribution is -2.14. The van der Waals surface area contributed by atoms with E-state index < -0.39 is 0 Å². The topological polar surface area (TPSA) is 73.0 Å². The molecule has 2 heterocycles. The molecule has 28 heavy (non-hydrogen) atoms. The van der Waals surface area contributed by atoms with Gasteiger partial charge < -0.3 is 9.73 Å². The lowest BCUT2D eigenvalue weighted by molar-refractivity contribution is -0.113. The van der Waals surface area contributed by atoms with Crippen LogP contribution < -0.4 is 5.32 Å². The second-order valence-electron chi connectivity index (χ2n) is 6.04. The maximum absolute atomic E-state index is 12.3. The molecule has 1 N–H and O–H groups in total. The molecule has 4 rings (SSSR count). The van der Waals surface area contributed by atoms with Crippen LogP contribution in [0.4, 0.5) is 5.69 Å². The van der Waals surface area contributed by atoms with E-state index in [1.165, 1.54) is 11.8 Å². The van der Waals surface area contributed by atoms with Crippen LogP contribution in [-0.4, -0.2) is 26.4 Å². The number of benzene rings is 2. The molecule has 7 heteroatoms. The molecule has 0 atom stereocenters. The summed E-state index contributed by atoms with van der Waals surface area (Å²) in [5.41, 5.74) is 1.73. The molecule has 0 unspecified atom stereocenters. The van der Waals surface area contributed by atoms with Crippen LogP contribution in [0.25, 0.3) is 11.4 Å². The van der Waals surface area contributed by atoms with Crippen molar-refractivity contribution in [1.82, 2.24) is 14.8 Å². The molecule has 0 spiro atoms. The number of anilines is 1. The van der Waals surface area contributed by atoms with Crippen molar-refractivity contribution in [3.63, 3.8) is 0 Å². The first-order valence-corrected chi connectivity index (χ1v) is 9.77. The van der Waals surface area contributed by atoms with Crippen LogP contribution in [0.2, 0.25) is 0 Å². The van der Waals surface area contributed by atoms with Crippen LogP contribution in [-0.2, 0) is 11.3 Å². The zero-order valence-electron chi connectivity index (χ0n) is 15.0. The van der Waals surface area contributed by atoms with E-state index in [1.807, 2.05) is 77.4 Å². The Morgan fingerprint density at radius 1 is 0.964 bits per heavy atom. The fourth-order valence-electron chi connectivity index (χ4n) is 2.75. The zero-order valence-corrected chi connectivity index (χ0v) is 15.8. The summed E-state index contributed by atoms with van der Waals surface area (Å²) in [5.74, 6) is 1.68. The fourth-order valence-corrected chi connectivity index (χ4v) is 3.48. The van der Waals surface area contributed by atoms with Gasteiger partial charge in [0.25, 0.3) is 0 Å². The molecular formula is C21H18N4O2S. The molecule has 140 valence electrons. The van der Waals surface area contributed by atoms with Gasteiger partial charge in [0, 0.05) is 11.3 Å². The monoisotopic (exact) mass is 390 g/mol. The molecule has 2 aromatic carbocycles.